The number of rotatable bonds is 3. The molecule has 0 aliphatic rings. The van der Waals surface area contributed by atoms with E-state index in [4.69, 9.17) is 27.8 Å². The summed E-state index contributed by atoms with van der Waals surface area (Å²) in [5.74, 6) is 0.874. The molecular weight excluding hydrogens is 352 g/mol. The van der Waals surface area contributed by atoms with Gasteiger partial charge >= 0.3 is 0 Å². The van der Waals surface area contributed by atoms with Gasteiger partial charge < -0.3 is 16.2 Å². The molecule has 0 aliphatic carbocycles. The van der Waals surface area contributed by atoms with Crippen molar-refractivity contribution in [3.63, 3.8) is 0 Å². The third kappa shape index (κ3) is 2.49. The quantitative estimate of drug-likeness (QED) is 0.539. The number of aromatic nitrogens is 4. The predicted molar refractivity (Wildman–Crippen MR) is 102 cm³/mol. The molecule has 0 bridgehead atoms. The summed E-state index contributed by atoms with van der Waals surface area (Å²) in [5.41, 5.74) is 15.9. The molecule has 0 aliphatic heterocycles. The zero-order chi connectivity index (χ0) is 18.3. The van der Waals surface area contributed by atoms with Crippen LogP contribution in [0.25, 0.3) is 28.2 Å². The van der Waals surface area contributed by atoms with E-state index in [0.717, 1.165) is 11.1 Å². The second kappa shape index (κ2) is 6.20. The van der Waals surface area contributed by atoms with Gasteiger partial charge in [-0.15, -0.1) is 0 Å². The van der Waals surface area contributed by atoms with E-state index in [1.165, 1.54) is 6.20 Å². The molecule has 0 saturated heterocycles. The Balaban J connectivity index is 1.94. The molecular formula is C18H15ClN6O. The van der Waals surface area contributed by atoms with Gasteiger partial charge in [0.15, 0.2) is 5.82 Å². The average Bonchev–Trinajstić information content (AvgIpc) is 3.07. The molecule has 3 aromatic heterocycles. The second-order valence-corrected chi connectivity index (χ2v) is 6.03. The third-order valence-corrected chi connectivity index (χ3v) is 4.38. The first-order chi connectivity index (χ1) is 12.6. The SMILES string of the molecule is COc1ccc(N)c(-c2ncc(Cl)c(-c3cnn4ccccc34)n2)c1N. The number of hydrogen-bond acceptors (Lipinski definition) is 6. The molecule has 26 heavy (non-hydrogen) atoms. The van der Waals surface area contributed by atoms with E-state index >= 15 is 0 Å². The molecule has 4 aromatic rings. The first kappa shape index (κ1) is 16.2. The predicted octanol–water partition coefficient (Wildman–Crippen LogP) is 3.28. The van der Waals surface area contributed by atoms with Gasteiger partial charge in [0.05, 0.1) is 47.0 Å². The van der Waals surface area contributed by atoms with E-state index in [2.05, 4.69) is 15.1 Å². The molecule has 0 atom stereocenters. The molecule has 0 amide bonds. The highest BCUT2D eigenvalue weighted by atomic mass is 35.5. The highest BCUT2D eigenvalue weighted by Gasteiger charge is 2.18. The van der Waals surface area contributed by atoms with Crippen molar-refractivity contribution in [2.45, 2.75) is 0 Å². The number of nitrogens with zero attached hydrogens (tertiary/aromatic N) is 4. The van der Waals surface area contributed by atoms with E-state index in [9.17, 15) is 0 Å². The summed E-state index contributed by atoms with van der Waals surface area (Å²) >= 11 is 6.36. The first-order valence-electron chi connectivity index (χ1n) is 7.77. The molecule has 7 nitrogen and oxygen atoms in total. The minimum atomic E-state index is 0.369. The highest BCUT2D eigenvalue weighted by Crippen LogP contribution is 2.38. The van der Waals surface area contributed by atoms with Crippen molar-refractivity contribution < 1.29 is 4.74 Å². The molecule has 1 aromatic carbocycles. The number of benzene rings is 1. The average molecular weight is 367 g/mol. The lowest BCUT2D eigenvalue weighted by Gasteiger charge is -2.13. The molecule has 0 fully saturated rings. The van der Waals surface area contributed by atoms with Gasteiger partial charge in [-0.25, -0.2) is 14.5 Å². The van der Waals surface area contributed by atoms with Crippen LogP contribution in [0.2, 0.25) is 5.02 Å². The minimum absolute atomic E-state index is 0.369. The summed E-state index contributed by atoms with van der Waals surface area (Å²) in [6, 6.07) is 9.17. The maximum Gasteiger partial charge on any atom is 0.164 e. The smallest absolute Gasteiger partial charge is 0.164 e. The summed E-state index contributed by atoms with van der Waals surface area (Å²) in [6.07, 6.45) is 5.10. The Morgan fingerprint density at radius 3 is 2.77 bits per heavy atom. The van der Waals surface area contributed by atoms with Crippen molar-refractivity contribution in [1.29, 1.82) is 0 Å². The summed E-state index contributed by atoms with van der Waals surface area (Å²) in [6.45, 7) is 0. The fraction of sp³-hybridized carbons (Fsp3) is 0.0556. The maximum atomic E-state index is 6.36. The molecule has 0 unspecified atom stereocenters. The lowest BCUT2D eigenvalue weighted by Crippen LogP contribution is -2.02. The summed E-state index contributed by atoms with van der Waals surface area (Å²) in [4.78, 5) is 8.93. The van der Waals surface area contributed by atoms with E-state index in [0.29, 0.717) is 39.2 Å². The standard InChI is InChI=1S/C18H15ClN6O/c1-26-14-6-5-12(20)15(16(14)21)18-22-9-11(19)17(24-18)10-8-23-25-7-3-2-4-13(10)25/h2-9H,20-21H2,1H3. The zero-order valence-corrected chi connectivity index (χ0v) is 14.6. The summed E-state index contributed by atoms with van der Waals surface area (Å²) in [7, 11) is 1.54. The molecule has 0 spiro atoms. The number of ether oxygens (including phenoxy) is 1. The summed E-state index contributed by atoms with van der Waals surface area (Å²) in [5, 5.41) is 4.74. The molecule has 4 N–H and O–H groups in total. The van der Waals surface area contributed by atoms with E-state index in [-0.39, 0.29) is 0 Å². The maximum absolute atomic E-state index is 6.36. The lowest BCUT2D eigenvalue weighted by molar-refractivity contribution is 0.417. The molecule has 3 heterocycles. The van der Waals surface area contributed by atoms with Crippen molar-refractivity contribution in [3.05, 3.63) is 53.9 Å². The van der Waals surface area contributed by atoms with Crippen LogP contribution in [0.4, 0.5) is 11.4 Å². The number of fused-ring (bicyclic) bond motifs is 1. The van der Waals surface area contributed by atoms with Gasteiger partial charge in [-0.2, -0.15) is 5.10 Å². The van der Waals surface area contributed by atoms with E-state index in [1.54, 1.807) is 30.0 Å². The van der Waals surface area contributed by atoms with Crippen LogP contribution in [0.3, 0.4) is 0 Å². The van der Waals surface area contributed by atoms with Gasteiger partial charge in [-0.1, -0.05) is 17.7 Å². The fourth-order valence-corrected chi connectivity index (χ4v) is 3.03. The Morgan fingerprint density at radius 2 is 1.96 bits per heavy atom. The van der Waals surface area contributed by atoms with Gasteiger partial charge in [-0.3, -0.25) is 0 Å². The van der Waals surface area contributed by atoms with Crippen LogP contribution < -0.4 is 16.2 Å². The normalized spacial score (nSPS) is 11.0. The van der Waals surface area contributed by atoms with Crippen LogP contribution in [-0.2, 0) is 0 Å². The lowest BCUT2D eigenvalue weighted by atomic mass is 10.1. The van der Waals surface area contributed by atoms with Crippen molar-refractivity contribution in [2.75, 3.05) is 18.6 Å². The Morgan fingerprint density at radius 1 is 1.12 bits per heavy atom. The monoisotopic (exact) mass is 366 g/mol. The van der Waals surface area contributed by atoms with Gasteiger partial charge in [0, 0.05) is 17.4 Å². The molecule has 0 radical (unpaired) electrons. The van der Waals surface area contributed by atoms with Crippen LogP contribution in [0.5, 0.6) is 5.75 Å². The van der Waals surface area contributed by atoms with Gasteiger partial charge in [0.2, 0.25) is 0 Å². The van der Waals surface area contributed by atoms with Gasteiger partial charge in [0.1, 0.15) is 5.75 Å². The topological polar surface area (TPSA) is 104 Å². The van der Waals surface area contributed by atoms with Crippen molar-refractivity contribution in [3.8, 4) is 28.4 Å². The Kier molecular flexibility index (Phi) is 3.85. The summed E-state index contributed by atoms with van der Waals surface area (Å²) < 4.78 is 7.02. The van der Waals surface area contributed by atoms with Gasteiger partial charge in [0.25, 0.3) is 0 Å². The largest absolute Gasteiger partial charge is 0.495 e. The van der Waals surface area contributed by atoms with Crippen LogP contribution in [0, 0.1) is 0 Å². The van der Waals surface area contributed by atoms with Crippen molar-refractivity contribution in [1.82, 2.24) is 19.6 Å². The van der Waals surface area contributed by atoms with E-state index in [1.807, 2.05) is 24.4 Å². The number of anilines is 2. The zero-order valence-electron chi connectivity index (χ0n) is 13.8. The van der Waals surface area contributed by atoms with Crippen LogP contribution in [0.1, 0.15) is 0 Å². The number of hydrogen-bond donors (Lipinski definition) is 2. The Bertz CT molecular complexity index is 1120. The minimum Gasteiger partial charge on any atom is -0.495 e. The molecule has 130 valence electrons. The number of nitrogen functional groups attached to an aromatic ring is 2. The Hall–Kier alpha value is -3.32. The fourth-order valence-electron chi connectivity index (χ4n) is 2.84. The van der Waals surface area contributed by atoms with Crippen LogP contribution in [-0.4, -0.2) is 26.7 Å². The van der Waals surface area contributed by atoms with Crippen molar-refractivity contribution >= 4 is 28.5 Å². The highest BCUT2D eigenvalue weighted by molar-refractivity contribution is 6.33. The van der Waals surface area contributed by atoms with Crippen LogP contribution in [0.15, 0.2) is 48.9 Å². The number of methoxy groups -OCH3 is 1. The first-order valence-corrected chi connectivity index (χ1v) is 8.15. The Labute approximate surface area is 154 Å². The second-order valence-electron chi connectivity index (χ2n) is 5.62. The van der Waals surface area contributed by atoms with Crippen LogP contribution >= 0.6 is 11.6 Å². The van der Waals surface area contributed by atoms with Crippen molar-refractivity contribution in [2.24, 2.45) is 0 Å². The number of halogens is 1. The molecule has 0 saturated carbocycles. The molecule has 8 heteroatoms. The number of pyridine rings is 1. The number of nitrogens with two attached hydrogens (primary N) is 2. The van der Waals surface area contributed by atoms with E-state index < -0.39 is 0 Å². The van der Waals surface area contributed by atoms with Gasteiger partial charge in [-0.05, 0) is 24.3 Å². The molecule has 4 rings (SSSR count). The third-order valence-electron chi connectivity index (χ3n) is 4.11.